The largest absolute Gasteiger partial charge is 0.388 e. The lowest BCUT2D eigenvalue weighted by Crippen LogP contribution is -2.67. The molecule has 1 saturated heterocycles. The minimum atomic E-state index is -0.729. The molecule has 0 radical (unpaired) electrons. The Bertz CT molecular complexity index is 220. The first-order valence-electron chi connectivity index (χ1n) is 5.88. The highest BCUT2D eigenvalue weighted by Crippen LogP contribution is 2.37. The van der Waals surface area contributed by atoms with Crippen molar-refractivity contribution in [1.82, 2.24) is 5.32 Å². The summed E-state index contributed by atoms with van der Waals surface area (Å²) in [5, 5.41) is 14.2. The van der Waals surface area contributed by atoms with Gasteiger partial charge in [-0.15, -0.1) is 0 Å². The molecule has 0 spiro atoms. The van der Waals surface area contributed by atoms with E-state index in [4.69, 9.17) is 5.73 Å². The summed E-state index contributed by atoms with van der Waals surface area (Å²) in [6, 6.07) is -0.127. The van der Waals surface area contributed by atoms with E-state index < -0.39 is 5.60 Å². The van der Waals surface area contributed by atoms with Crippen LogP contribution in [-0.4, -0.2) is 27.8 Å². The highest BCUT2D eigenvalue weighted by molar-refractivity contribution is 5.07. The second-order valence-corrected chi connectivity index (χ2v) is 6.36. The van der Waals surface area contributed by atoms with Gasteiger partial charge in [0.25, 0.3) is 0 Å². The average molecular weight is 214 g/mol. The fourth-order valence-corrected chi connectivity index (χ4v) is 3.24. The topological polar surface area (TPSA) is 58.3 Å². The zero-order valence-electron chi connectivity index (χ0n) is 10.7. The van der Waals surface area contributed by atoms with E-state index in [9.17, 15) is 5.11 Å². The SMILES string of the molecule is CCC(N)C1(O)CC(C)(C)NC(C)(C)C1. The fourth-order valence-electron chi connectivity index (χ4n) is 3.24. The van der Waals surface area contributed by atoms with Gasteiger partial charge in [0.2, 0.25) is 0 Å². The first-order chi connectivity index (χ1) is 6.60. The van der Waals surface area contributed by atoms with Crippen molar-refractivity contribution in [2.24, 2.45) is 5.73 Å². The lowest BCUT2D eigenvalue weighted by atomic mass is 9.69. The number of aliphatic hydroxyl groups is 1. The number of rotatable bonds is 2. The molecule has 0 bridgehead atoms. The smallest absolute Gasteiger partial charge is 0.0832 e. The first-order valence-corrected chi connectivity index (χ1v) is 5.88. The van der Waals surface area contributed by atoms with E-state index >= 15 is 0 Å². The molecule has 1 aliphatic rings. The van der Waals surface area contributed by atoms with Crippen LogP contribution in [0.2, 0.25) is 0 Å². The second-order valence-electron chi connectivity index (χ2n) is 6.36. The van der Waals surface area contributed by atoms with E-state index in [1.165, 1.54) is 0 Å². The van der Waals surface area contributed by atoms with Crippen LogP contribution in [0.25, 0.3) is 0 Å². The molecular weight excluding hydrogens is 188 g/mol. The van der Waals surface area contributed by atoms with Gasteiger partial charge in [-0.25, -0.2) is 0 Å². The first kappa shape index (κ1) is 12.9. The maximum absolute atomic E-state index is 10.6. The van der Waals surface area contributed by atoms with E-state index in [1.807, 2.05) is 6.92 Å². The predicted molar refractivity (Wildman–Crippen MR) is 63.7 cm³/mol. The van der Waals surface area contributed by atoms with Crippen LogP contribution in [0.4, 0.5) is 0 Å². The monoisotopic (exact) mass is 214 g/mol. The normalized spacial score (nSPS) is 29.8. The van der Waals surface area contributed by atoms with Gasteiger partial charge in [0.15, 0.2) is 0 Å². The summed E-state index contributed by atoms with van der Waals surface area (Å²) < 4.78 is 0. The third kappa shape index (κ3) is 2.92. The molecule has 3 nitrogen and oxygen atoms in total. The quantitative estimate of drug-likeness (QED) is 0.651. The molecule has 0 saturated carbocycles. The van der Waals surface area contributed by atoms with Gasteiger partial charge in [-0.05, 0) is 47.0 Å². The van der Waals surface area contributed by atoms with Gasteiger partial charge in [-0.1, -0.05) is 6.92 Å². The van der Waals surface area contributed by atoms with Crippen molar-refractivity contribution < 1.29 is 5.11 Å². The highest BCUT2D eigenvalue weighted by Gasteiger charge is 2.48. The van der Waals surface area contributed by atoms with Crippen LogP contribution >= 0.6 is 0 Å². The Morgan fingerprint density at radius 3 is 1.93 bits per heavy atom. The van der Waals surface area contributed by atoms with Gasteiger partial charge in [0.1, 0.15) is 0 Å². The molecule has 0 amide bonds. The van der Waals surface area contributed by atoms with E-state index in [0.29, 0.717) is 0 Å². The number of hydrogen-bond acceptors (Lipinski definition) is 3. The third-order valence-electron chi connectivity index (χ3n) is 3.30. The molecule has 1 aliphatic heterocycles. The standard InChI is InChI=1S/C12H26N2O/c1-6-9(13)12(15)7-10(2,3)14-11(4,5)8-12/h9,14-15H,6-8,13H2,1-5H3. The van der Waals surface area contributed by atoms with Crippen LogP contribution in [-0.2, 0) is 0 Å². The number of piperidine rings is 1. The maximum Gasteiger partial charge on any atom is 0.0832 e. The molecule has 90 valence electrons. The van der Waals surface area contributed by atoms with Crippen LogP contribution < -0.4 is 11.1 Å². The van der Waals surface area contributed by atoms with Crippen molar-refractivity contribution in [2.75, 3.05) is 0 Å². The van der Waals surface area contributed by atoms with Crippen molar-refractivity contribution in [3.05, 3.63) is 0 Å². The summed E-state index contributed by atoms with van der Waals surface area (Å²) in [6.07, 6.45) is 2.26. The predicted octanol–water partition coefficient (Wildman–Crippen LogP) is 1.40. The minimum absolute atomic E-state index is 0.0523. The van der Waals surface area contributed by atoms with Gasteiger partial charge in [-0.3, -0.25) is 0 Å². The molecule has 1 rings (SSSR count). The van der Waals surface area contributed by atoms with Gasteiger partial charge in [0.05, 0.1) is 5.60 Å². The summed E-state index contributed by atoms with van der Waals surface area (Å²) in [6.45, 7) is 10.5. The Morgan fingerprint density at radius 1 is 1.20 bits per heavy atom. The summed E-state index contributed by atoms with van der Waals surface area (Å²) >= 11 is 0. The van der Waals surface area contributed by atoms with Gasteiger partial charge < -0.3 is 16.2 Å². The Balaban J connectivity index is 2.92. The van der Waals surface area contributed by atoms with Crippen molar-refractivity contribution >= 4 is 0 Å². The molecular formula is C12H26N2O. The fraction of sp³-hybridized carbons (Fsp3) is 1.00. The molecule has 15 heavy (non-hydrogen) atoms. The lowest BCUT2D eigenvalue weighted by Gasteiger charge is -2.52. The van der Waals surface area contributed by atoms with Gasteiger partial charge in [0, 0.05) is 17.1 Å². The molecule has 4 N–H and O–H groups in total. The zero-order valence-corrected chi connectivity index (χ0v) is 10.7. The van der Waals surface area contributed by atoms with Crippen LogP contribution in [0.1, 0.15) is 53.9 Å². The van der Waals surface area contributed by atoms with Crippen LogP contribution in [0.15, 0.2) is 0 Å². The molecule has 1 atom stereocenters. The Labute approximate surface area is 93.4 Å². The summed E-state index contributed by atoms with van der Waals surface area (Å²) in [7, 11) is 0. The highest BCUT2D eigenvalue weighted by atomic mass is 16.3. The van der Waals surface area contributed by atoms with Gasteiger partial charge >= 0.3 is 0 Å². The second kappa shape index (κ2) is 3.72. The Hall–Kier alpha value is -0.120. The molecule has 1 heterocycles. The Morgan fingerprint density at radius 2 is 1.60 bits per heavy atom. The van der Waals surface area contributed by atoms with E-state index in [-0.39, 0.29) is 17.1 Å². The minimum Gasteiger partial charge on any atom is -0.388 e. The summed E-state index contributed by atoms with van der Waals surface area (Å²) in [4.78, 5) is 0. The van der Waals surface area contributed by atoms with Crippen LogP contribution in [0, 0.1) is 0 Å². The summed E-state index contributed by atoms with van der Waals surface area (Å²) in [5.74, 6) is 0. The van der Waals surface area contributed by atoms with Crippen LogP contribution in [0.3, 0.4) is 0 Å². The molecule has 0 aromatic carbocycles. The molecule has 1 fully saturated rings. The lowest BCUT2D eigenvalue weighted by molar-refractivity contribution is -0.0738. The van der Waals surface area contributed by atoms with E-state index in [0.717, 1.165) is 19.3 Å². The van der Waals surface area contributed by atoms with E-state index in [1.54, 1.807) is 0 Å². The molecule has 1 unspecified atom stereocenters. The zero-order chi connectivity index (χ0) is 11.9. The number of hydrogen-bond donors (Lipinski definition) is 3. The maximum atomic E-state index is 10.6. The van der Waals surface area contributed by atoms with Gasteiger partial charge in [-0.2, -0.15) is 0 Å². The Kier molecular flexibility index (Phi) is 3.21. The van der Waals surface area contributed by atoms with Crippen molar-refractivity contribution in [2.45, 2.75) is 76.6 Å². The van der Waals surface area contributed by atoms with Crippen molar-refractivity contribution in [3.63, 3.8) is 0 Å². The van der Waals surface area contributed by atoms with Crippen LogP contribution in [0.5, 0.6) is 0 Å². The molecule has 0 aliphatic carbocycles. The molecule has 0 aromatic rings. The number of nitrogens with one attached hydrogen (secondary N) is 1. The molecule has 3 heteroatoms. The van der Waals surface area contributed by atoms with E-state index in [2.05, 4.69) is 33.0 Å². The average Bonchev–Trinajstić information content (AvgIpc) is 1.95. The number of nitrogens with two attached hydrogens (primary N) is 1. The molecule has 0 aromatic heterocycles. The third-order valence-corrected chi connectivity index (χ3v) is 3.30. The van der Waals surface area contributed by atoms with Crippen molar-refractivity contribution in [3.8, 4) is 0 Å². The van der Waals surface area contributed by atoms with Crippen molar-refractivity contribution in [1.29, 1.82) is 0 Å². The summed E-state index contributed by atoms with van der Waals surface area (Å²) in [5.41, 5.74) is 5.21.